The van der Waals surface area contributed by atoms with Crippen LogP contribution in [0.5, 0.6) is 0 Å². The lowest BCUT2D eigenvalue weighted by Crippen LogP contribution is -2.44. The third kappa shape index (κ3) is 5.08. The molecule has 1 unspecified atom stereocenters. The lowest BCUT2D eigenvalue weighted by molar-refractivity contribution is -0.118. The second-order valence-electron chi connectivity index (χ2n) is 9.27. The second-order valence-corrected chi connectivity index (χ2v) is 9.27. The Balaban J connectivity index is 1.78. The Morgan fingerprint density at radius 2 is 1.91 bits per heavy atom. The van der Waals surface area contributed by atoms with Gasteiger partial charge in [-0.2, -0.15) is 5.26 Å². The van der Waals surface area contributed by atoms with Crippen molar-refractivity contribution in [2.45, 2.75) is 65.8 Å². The molecule has 1 heterocycles. The number of nitriles is 1. The Bertz CT molecular complexity index is 1070. The summed E-state index contributed by atoms with van der Waals surface area (Å²) in [6, 6.07) is 7.89. The number of aromatic nitrogens is 1. The molecular weight excluding hydrogens is 404 g/mol. The van der Waals surface area contributed by atoms with E-state index in [9.17, 15) is 14.4 Å². The van der Waals surface area contributed by atoms with Crippen LogP contribution in [-0.4, -0.2) is 28.6 Å². The summed E-state index contributed by atoms with van der Waals surface area (Å²) < 4.78 is 0. The van der Waals surface area contributed by atoms with Gasteiger partial charge in [-0.1, -0.05) is 33.6 Å². The zero-order valence-corrected chi connectivity index (χ0v) is 19.1. The fourth-order valence-electron chi connectivity index (χ4n) is 4.22. The standard InChI is InChI=1S/C25H30N4O3/c1-5-6-7-18(23(31)27-17-10-8-16(14-26)9-11-17)29-24(32)22-15(2)21-19(28-22)12-25(3,4)13-20(21)30/h8-11,18,28H,5-7,12-13H2,1-4H3,(H,27,31)(H,29,32). The zero-order valence-electron chi connectivity index (χ0n) is 19.1. The molecule has 1 aromatic carbocycles. The van der Waals surface area contributed by atoms with Crippen molar-refractivity contribution in [3.63, 3.8) is 0 Å². The fraction of sp³-hybridized carbons (Fsp3) is 0.440. The molecule has 7 heteroatoms. The normalized spacial score (nSPS) is 15.4. The predicted octanol–water partition coefficient (Wildman–Crippen LogP) is 4.28. The molecule has 1 aliphatic carbocycles. The molecule has 1 aromatic heterocycles. The Kier molecular flexibility index (Phi) is 6.83. The number of amides is 2. The van der Waals surface area contributed by atoms with Gasteiger partial charge >= 0.3 is 0 Å². The second kappa shape index (κ2) is 9.39. The first-order chi connectivity index (χ1) is 15.1. The minimum Gasteiger partial charge on any atom is -0.354 e. The SMILES string of the molecule is CCCCC(NC(=O)c1[nH]c2c(c1C)C(=O)CC(C)(C)C2)C(=O)Nc1ccc(C#N)cc1. The minimum atomic E-state index is -0.718. The molecule has 0 aliphatic heterocycles. The molecule has 0 fully saturated rings. The van der Waals surface area contributed by atoms with Gasteiger partial charge in [-0.05, 0) is 55.0 Å². The zero-order chi connectivity index (χ0) is 23.5. The van der Waals surface area contributed by atoms with Crippen LogP contribution in [0.2, 0.25) is 0 Å². The first-order valence-electron chi connectivity index (χ1n) is 11.0. The molecular formula is C25H30N4O3. The van der Waals surface area contributed by atoms with Crippen molar-refractivity contribution in [2.24, 2.45) is 5.41 Å². The highest BCUT2D eigenvalue weighted by Crippen LogP contribution is 2.36. The van der Waals surface area contributed by atoms with E-state index < -0.39 is 11.9 Å². The molecule has 0 spiro atoms. The summed E-state index contributed by atoms with van der Waals surface area (Å²) in [6.45, 7) is 7.88. The first-order valence-corrected chi connectivity index (χ1v) is 11.0. The Labute approximate surface area is 188 Å². The quantitative estimate of drug-likeness (QED) is 0.603. The molecule has 1 atom stereocenters. The van der Waals surface area contributed by atoms with Gasteiger partial charge in [0.1, 0.15) is 11.7 Å². The monoisotopic (exact) mass is 434 g/mol. The van der Waals surface area contributed by atoms with Gasteiger partial charge in [-0.3, -0.25) is 14.4 Å². The van der Waals surface area contributed by atoms with Crippen molar-refractivity contribution in [1.82, 2.24) is 10.3 Å². The molecule has 0 saturated heterocycles. The minimum absolute atomic E-state index is 0.0464. The molecule has 1 aliphatic rings. The number of Topliss-reactive ketones (excluding diaryl/α,β-unsaturated/α-hetero) is 1. The molecule has 7 nitrogen and oxygen atoms in total. The van der Waals surface area contributed by atoms with E-state index >= 15 is 0 Å². The van der Waals surface area contributed by atoms with Gasteiger partial charge in [0.2, 0.25) is 5.91 Å². The highest BCUT2D eigenvalue weighted by molar-refractivity contribution is 6.06. The molecule has 0 bridgehead atoms. The average molecular weight is 435 g/mol. The van der Waals surface area contributed by atoms with Gasteiger partial charge in [-0.15, -0.1) is 0 Å². The topological polar surface area (TPSA) is 115 Å². The van der Waals surface area contributed by atoms with Gasteiger partial charge in [0.15, 0.2) is 5.78 Å². The number of H-pyrrole nitrogens is 1. The van der Waals surface area contributed by atoms with Crippen molar-refractivity contribution >= 4 is 23.3 Å². The number of anilines is 1. The van der Waals surface area contributed by atoms with Crippen LogP contribution < -0.4 is 10.6 Å². The van der Waals surface area contributed by atoms with E-state index in [1.807, 2.05) is 26.8 Å². The number of rotatable bonds is 7. The smallest absolute Gasteiger partial charge is 0.268 e. The predicted molar refractivity (Wildman–Crippen MR) is 123 cm³/mol. The number of hydrogen-bond acceptors (Lipinski definition) is 4. The van der Waals surface area contributed by atoms with Crippen LogP contribution in [0, 0.1) is 23.7 Å². The van der Waals surface area contributed by atoms with Gasteiger partial charge < -0.3 is 15.6 Å². The lowest BCUT2D eigenvalue weighted by atomic mass is 9.75. The van der Waals surface area contributed by atoms with E-state index in [0.29, 0.717) is 47.3 Å². The van der Waals surface area contributed by atoms with Gasteiger partial charge in [-0.25, -0.2) is 0 Å². The first kappa shape index (κ1) is 23.3. The number of nitrogens with zero attached hydrogens (tertiary/aromatic N) is 1. The lowest BCUT2D eigenvalue weighted by Gasteiger charge is -2.28. The number of fused-ring (bicyclic) bond motifs is 1. The molecule has 2 aromatic rings. The number of aromatic amines is 1. The number of benzene rings is 1. The molecule has 168 valence electrons. The van der Waals surface area contributed by atoms with Crippen LogP contribution in [0.3, 0.4) is 0 Å². The maximum Gasteiger partial charge on any atom is 0.268 e. The summed E-state index contributed by atoms with van der Waals surface area (Å²) in [4.78, 5) is 41.8. The molecule has 3 rings (SSSR count). The number of ketones is 1. The number of nitrogens with one attached hydrogen (secondary N) is 3. The van der Waals surface area contributed by atoms with Crippen LogP contribution in [0.4, 0.5) is 5.69 Å². The van der Waals surface area contributed by atoms with Crippen molar-refractivity contribution < 1.29 is 14.4 Å². The summed E-state index contributed by atoms with van der Waals surface area (Å²) >= 11 is 0. The van der Waals surface area contributed by atoms with E-state index in [0.717, 1.165) is 18.5 Å². The van der Waals surface area contributed by atoms with E-state index in [1.165, 1.54) is 0 Å². The third-order valence-electron chi connectivity index (χ3n) is 5.88. The Hall–Kier alpha value is -3.40. The van der Waals surface area contributed by atoms with Crippen LogP contribution in [-0.2, 0) is 11.2 Å². The number of carbonyl (C=O) groups is 3. The summed E-state index contributed by atoms with van der Waals surface area (Å²) in [5.41, 5.74) is 3.29. The Morgan fingerprint density at radius 3 is 2.53 bits per heavy atom. The average Bonchev–Trinajstić information content (AvgIpc) is 3.06. The van der Waals surface area contributed by atoms with Crippen molar-refractivity contribution in [2.75, 3.05) is 5.32 Å². The number of unbranched alkanes of at least 4 members (excludes halogenated alkanes) is 1. The maximum absolute atomic E-state index is 13.1. The van der Waals surface area contributed by atoms with Gasteiger partial charge in [0.25, 0.3) is 5.91 Å². The molecule has 0 radical (unpaired) electrons. The largest absolute Gasteiger partial charge is 0.354 e. The van der Waals surface area contributed by atoms with Crippen LogP contribution >= 0.6 is 0 Å². The van der Waals surface area contributed by atoms with Crippen molar-refractivity contribution in [3.8, 4) is 6.07 Å². The van der Waals surface area contributed by atoms with Crippen LogP contribution in [0.15, 0.2) is 24.3 Å². The van der Waals surface area contributed by atoms with E-state index in [4.69, 9.17) is 5.26 Å². The maximum atomic E-state index is 13.1. The van der Waals surface area contributed by atoms with E-state index in [2.05, 4.69) is 15.6 Å². The van der Waals surface area contributed by atoms with Crippen LogP contribution in [0.1, 0.15) is 84.1 Å². The third-order valence-corrected chi connectivity index (χ3v) is 5.88. The molecule has 3 N–H and O–H groups in total. The fourth-order valence-corrected chi connectivity index (χ4v) is 4.22. The highest BCUT2D eigenvalue weighted by atomic mass is 16.2. The molecule has 2 amide bonds. The van der Waals surface area contributed by atoms with Crippen molar-refractivity contribution in [3.05, 3.63) is 52.3 Å². The summed E-state index contributed by atoms with van der Waals surface area (Å²) in [7, 11) is 0. The van der Waals surface area contributed by atoms with E-state index in [1.54, 1.807) is 31.2 Å². The number of hydrogen-bond donors (Lipinski definition) is 3. The van der Waals surface area contributed by atoms with E-state index in [-0.39, 0.29) is 17.1 Å². The summed E-state index contributed by atoms with van der Waals surface area (Å²) in [6.07, 6.45) is 3.30. The summed E-state index contributed by atoms with van der Waals surface area (Å²) in [5, 5.41) is 14.6. The van der Waals surface area contributed by atoms with Crippen molar-refractivity contribution in [1.29, 1.82) is 5.26 Å². The van der Waals surface area contributed by atoms with Gasteiger partial charge in [0.05, 0.1) is 11.6 Å². The van der Waals surface area contributed by atoms with Crippen LogP contribution in [0.25, 0.3) is 0 Å². The summed E-state index contributed by atoms with van der Waals surface area (Å²) in [5.74, 6) is -0.661. The molecule has 0 saturated carbocycles. The highest BCUT2D eigenvalue weighted by Gasteiger charge is 2.35. The molecule has 32 heavy (non-hydrogen) atoms. The van der Waals surface area contributed by atoms with Gasteiger partial charge in [0, 0.05) is 23.4 Å². The Morgan fingerprint density at radius 1 is 1.22 bits per heavy atom. The number of carbonyl (C=O) groups excluding carboxylic acids is 3.